The van der Waals surface area contributed by atoms with Crippen LogP contribution in [0.5, 0.6) is 0 Å². The highest BCUT2D eigenvalue weighted by atomic mass is 15.0. The molecule has 0 aliphatic carbocycles. The summed E-state index contributed by atoms with van der Waals surface area (Å²) in [5, 5.41) is 8.85. The first-order valence-electron chi connectivity index (χ1n) is 6.17. The van der Waals surface area contributed by atoms with Crippen molar-refractivity contribution in [3.05, 3.63) is 52.3 Å². The predicted octanol–water partition coefficient (Wildman–Crippen LogP) is 3.78. The average Bonchev–Trinajstić information content (AvgIpc) is 2.56. The normalized spacial score (nSPS) is 10.4. The van der Waals surface area contributed by atoms with Gasteiger partial charge in [-0.2, -0.15) is 5.26 Å². The molecule has 0 spiro atoms. The highest BCUT2D eigenvalue weighted by Gasteiger charge is 2.11. The molecule has 0 aliphatic heterocycles. The molecule has 0 unspecified atom stereocenters. The van der Waals surface area contributed by atoms with Crippen LogP contribution in [-0.2, 0) is 6.42 Å². The molecule has 0 N–H and O–H groups in total. The Balaban J connectivity index is 2.61. The second kappa shape index (κ2) is 4.70. The summed E-state index contributed by atoms with van der Waals surface area (Å²) in [5.41, 5.74) is 7.22. The molecule has 2 rings (SSSR count). The average molecular weight is 238 g/mol. The van der Waals surface area contributed by atoms with Crippen LogP contribution in [0, 0.1) is 39.0 Å². The number of hydrogen-bond acceptors (Lipinski definition) is 1. The van der Waals surface area contributed by atoms with Gasteiger partial charge in [0.2, 0.25) is 0 Å². The van der Waals surface area contributed by atoms with Gasteiger partial charge in [-0.3, -0.25) is 0 Å². The SMILES string of the molecule is Cc1ccc(-n2c(C)cc(CC#N)c2C)c(C)c1. The van der Waals surface area contributed by atoms with Crippen molar-refractivity contribution in [3.63, 3.8) is 0 Å². The van der Waals surface area contributed by atoms with Crippen molar-refractivity contribution >= 4 is 0 Å². The number of aromatic nitrogens is 1. The van der Waals surface area contributed by atoms with Gasteiger partial charge in [0.25, 0.3) is 0 Å². The third-order valence-electron chi connectivity index (χ3n) is 3.40. The highest BCUT2D eigenvalue weighted by Crippen LogP contribution is 2.24. The molecule has 0 saturated heterocycles. The topological polar surface area (TPSA) is 28.7 Å². The maximum Gasteiger partial charge on any atom is 0.0670 e. The van der Waals surface area contributed by atoms with E-state index in [1.54, 1.807) is 0 Å². The molecule has 0 saturated carbocycles. The van der Waals surface area contributed by atoms with E-state index in [-0.39, 0.29) is 0 Å². The number of nitriles is 1. The molecule has 0 bridgehead atoms. The van der Waals surface area contributed by atoms with Crippen LogP contribution < -0.4 is 0 Å². The van der Waals surface area contributed by atoms with Crippen molar-refractivity contribution in [2.75, 3.05) is 0 Å². The number of rotatable bonds is 2. The zero-order valence-corrected chi connectivity index (χ0v) is 11.4. The van der Waals surface area contributed by atoms with E-state index in [9.17, 15) is 0 Å². The molecule has 2 heteroatoms. The van der Waals surface area contributed by atoms with Crippen LogP contribution in [-0.4, -0.2) is 4.57 Å². The summed E-state index contributed by atoms with van der Waals surface area (Å²) in [5.74, 6) is 0. The molecule has 2 aromatic rings. The molecular formula is C16H18N2. The molecular weight excluding hydrogens is 220 g/mol. The Hall–Kier alpha value is -2.01. The fraction of sp³-hybridized carbons (Fsp3) is 0.312. The zero-order valence-electron chi connectivity index (χ0n) is 11.4. The van der Waals surface area contributed by atoms with Crippen LogP contribution in [0.1, 0.15) is 28.1 Å². The molecule has 18 heavy (non-hydrogen) atoms. The Morgan fingerprint density at radius 2 is 1.83 bits per heavy atom. The standard InChI is InChI=1S/C16H18N2/c1-11-5-6-16(12(2)9-11)18-13(3)10-15(7-8-17)14(18)4/h5-6,9-10H,7H2,1-4H3. The smallest absolute Gasteiger partial charge is 0.0670 e. The summed E-state index contributed by atoms with van der Waals surface area (Å²) in [6.07, 6.45) is 0.477. The Kier molecular flexibility index (Phi) is 3.25. The Morgan fingerprint density at radius 1 is 1.11 bits per heavy atom. The van der Waals surface area contributed by atoms with E-state index in [0.29, 0.717) is 6.42 Å². The lowest BCUT2D eigenvalue weighted by atomic mass is 10.1. The van der Waals surface area contributed by atoms with E-state index in [0.717, 1.165) is 5.56 Å². The summed E-state index contributed by atoms with van der Waals surface area (Å²) in [6, 6.07) is 10.8. The van der Waals surface area contributed by atoms with Gasteiger partial charge in [0.1, 0.15) is 0 Å². The van der Waals surface area contributed by atoms with Gasteiger partial charge >= 0.3 is 0 Å². The van der Waals surface area contributed by atoms with Crippen LogP contribution in [0.25, 0.3) is 5.69 Å². The van der Waals surface area contributed by atoms with Gasteiger partial charge in [0.15, 0.2) is 0 Å². The maximum atomic E-state index is 8.85. The lowest BCUT2D eigenvalue weighted by molar-refractivity contribution is 0.945. The summed E-state index contributed by atoms with van der Waals surface area (Å²) >= 11 is 0. The quantitative estimate of drug-likeness (QED) is 0.782. The lowest BCUT2D eigenvalue weighted by Gasteiger charge is -2.13. The number of nitrogens with zero attached hydrogens (tertiary/aromatic N) is 2. The molecule has 0 amide bonds. The third kappa shape index (κ3) is 2.04. The molecule has 0 aliphatic rings. The number of hydrogen-bond donors (Lipinski definition) is 0. The van der Waals surface area contributed by atoms with Crippen molar-refractivity contribution in [2.45, 2.75) is 34.1 Å². The minimum absolute atomic E-state index is 0.477. The fourth-order valence-electron chi connectivity index (χ4n) is 2.52. The molecule has 2 nitrogen and oxygen atoms in total. The Labute approximate surface area is 108 Å². The monoisotopic (exact) mass is 238 g/mol. The second-order valence-corrected chi connectivity index (χ2v) is 4.86. The molecule has 0 radical (unpaired) electrons. The van der Waals surface area contributed by atoms with E-state index in [2.05, 4.69) is 62.6 Å². The summed E-state index contributed by atoms with van der Waals surface area (Å²) in [7, 11) is 0. The largest absolute Gasteiger partial charge is 0.318 e. The van der Waals surface area contributed by atoms with E-state index in [1.807, 2.05) is 0 Å². The van der Waals surface area contributed by atoms with Gasteiger partial charge in [-0.25, -0.2) is 0 Å². The Morgan fingerprint density at radius 3 is 2.44 bits per heavy atom. The van der Waals surface area contributed by atoms with Crippen LogP contribution >= 0.6 is 0 Å². The molecule has 1 aromatic heterocycles. The van der Waals surface area contributed by atoms with Crippen molar-refractivity contribution in [2.24, 2.45) is 0 Å². The molecule has 1 heterocycles. The van der Waals surface area contributed by atoms with Crippen molar-refractivity contribution in [1.29, 1.82) is 5.26 Å². The predicted molar refractivity (Wildman–Crippen MR) is 74.0 cm³/mol. The summed E-state index contributed by atoms with van der Waals surface area (Å²) in [6.45, 7) is 8.41. The van der Waals surface area contributed by atoms with E-state index >= 15 is 0 Å². The van der Waals surface area contributed by atoms with Crippen molar-refractivity contribution < 1.29 is 0 Å². The summed E-state index contributed by atoms with van der Waals surface area (Å²) < 4.78 is 2.24. The molecule has 0 fully saturated rings. The maximum absolute atomic E-state index is 8.85. The number of aryl methyl sites for hydroxylation is 3. The van der Waals surface area contributed by atoms with Gasteiger partial charge < -0.3 is 4.57 Å². The first-order chi connectivity index (χ1) is 8.54. The lowest BCUT2D eigenvalue weighted by Crippen LogP contribution is -2.02. The summed E-state index contributed by atoms with van der Waals surface area (Å²) in [4.78, 5) is 0. The first-order valence-corrected chi connectivity index (χ1v) is 6.17. The van der Waals surface area contributed by atoms with Crippen LogP contribution in [0.4, 0.5) is 0 Å². The van der Waals surface area contributed by atoms with Crippen LogP contribution in [0.3, 0.4) is 0 Å². The van der Waals surface area contributed by atoms with Crippen LogP contribution in [0.2, 0.25) is 0 Å². The third-order valence-corrected chi connectivity index (χ3v) is 3.40. The van der Waals surface area contributed by atoms with Gasteiger partial charge in [0, 0.05) is 17.1 Å². The van der Waals surface area contributed by atoms with Gasteiger partial charge in [-0.05, 0) is 51.0 Å². The van der Waals surface area contributed by atoms with E-state index in [4.69, 9.17) is 5.26 Å². The Bertz CT molecular complexity index is 627. The van der Waals surface area contributed by atoms with E-state index in [1.165, 1.54) is 28.2 Å². The fourth-order valence-corrected chi connectivity index (χ4v) is 2.52. The van der Waals surface area contributed by atoms with Gasteiger partial charge in [-0.1, -0.05) is 17.7 Å². The highest BCUT2D eigenvalue weighted by molar-refractivity contribution is 5.47. The minimum atomic E-state index is 0.477. The van der Waals surface area contributed by atoms with E-state index < -0.39 is 0 Å². The first kappa shape index (κ1) is 12.4. The van der Waals surface area contributed by atoms with Crippen molar-refractivity contribution in [3.8, 4) is 11.8 Å². The number of benzene rings is 1. The van der Waals surface area contributed by atoms with Gasteiger partial charge in [-0.15, -0.1) is 0 Å². The van der Waals surface area contributed by atoms with Gasteiger partial charge in [0.05, 0.1) is 12.5 Å². The minimum Gasteiger partial charge on any atom is -0.318 e. The molecule has 0 atom stereocenters. The second-order valence-electron chi connectivity index (χ2n) is 4.86. The molecule has 92 valence electrons. The van der Waals surface area contributed by atoms with Crippen molar-refractivity contribution in [1.82, 2.24) is 4.57 Å². The van der Waals surface area contributed by atoms with Crippen LogP contribution in [0.15, 0.2) is 24.3 Å². The zero-order chi connectivity index (χ0) is 13.3. The molecule has 1 aromatic carbocycles.